The fourth-order valence-corrected chi connectivity index (χ4v) is 1.64. The number of nitro benzene ring substituents is 1. The maximum Gasteiger partial charge on any atom is 0.329 e. The van der Waals surface area contributed by atoms with E-state index in [9.17, 15) is 24.5 Å². The van der Waals surface area contributed by atoms with E-state index in [4.69, 9.17) is 10.2 Å². The summed E-state index contributed by atoms with van der Waals surface area (Å²) >= 11 is 0. The molecule has 1 amide bonds. The van der Waals surface area contributed by atoms with Crippen molar-refractivity contribution in [3.63, 3.8) is 0 Å². The second kappa shape index (κ2) is 6.66. The molecule has 22 heavy (non-hydrogen) atoms. The number of benzene rings is 1. The smallest absolute Gasteiger partial charge is 0.329 e. The Bertz CT molecular complexity index is 611. The summed E-state index contributed by atoms with van der Waals surface area (Å²) in [5, 5.41) is 30.5. The van der Waals surface area contributed by atoms with Crippen LogP contribution in [0.5, 0.6) is 0 Å². The predicted octanol–water partition coefficient (Wildman–Crippen LogP) is 1.03. The van der Waals surface area contributed by atoms with E-state index in [2.05, 4.69) is 5.32 Å². The number of amides is 1. The molecule has 0 heterocycles. The zero-order valence-corrected chi connectivity index (χ0v) is 11.6. The van der Waals surface area contributed by atoms with Crippen LogP contribution in [-0.2, 0) is 9.59 Å². The fourth-order valence-electron chi connectivity index (χ4n) is 1.64. The van der Waals surface area contributed by atoms with E-state index in [0.717, 1.165) is 12.1 Å². The molecule has 1 atom stereocenters. The van der Waals surface area contributed by atoms with Crippen molar-refractivity contribution < 1.29 is 29.5 Å². The van der Waals surface area contributed by atoms with E-state index in [1.165, 1.54) is 19.1 Å². The Balaban J connectivity index is 2.89. The van der Waals surface area contributed by atoms with Crippen molar-refractivity contribution in [2.75, 3.05) is 0 Å². The summed E-state index contributed by atoms with van der Waals surface area (Å²) in [7, 11) is 0. The Morgan fingerprint density at radius 3 is 2.18 bits per heavy atom. The van der Waals surface area contributed by atoms with Gasteiger partial charge in [0.25, 0.3) is 11.6 Å². The van der Waals surface area contributed by atoms with Gasteiger partial charge in [-0.25, -0.2) is 4.79 Å². The molecule has 0 aromatic heterocycles. The average molecular weight is 310 g/mol. The fraction of sp³-hybridized carbons (Fsp3) is 0.308. The van der Waals surface area contributed by atoms with Gasteiger partial charge < -0.3 is 15.5 Å². The van der Waals surface area contributed by atoms with Crippen molar-refractivity contribution in [2.45, 2.75) is 25.3 Å². The van der Waals surface area contributed by atoms with E-state index in [-0.39, 0.29) is 17.7 Å². The van der Waals surface area contributed by atoms with Crippen LogP contribution in [-0.4, -0.2) is 38.5 Å². The Morgan fingerprint density at radius 2 is 1.77 bits per heavy atom. The van der Waals surface area contributed by atoms with Gasteiger partial charge in [-0.2, -0.15) is 0 Å². The molecule has 3 N–H and O–H groups in total. The highest BCUT2D eigenvalue weighted by Crippen LogP contribution is 2.16. The molecule has 1 aromatic rings. The highest BCUT2D eigenvalue weighted by atomic mass is 16.6. The van der Waals surface area contributed by atoms with E-state index >= 15 is 0 Å². The molecule has 0 aliphatic heterocycles. The molecule has 0 bridgehead atoms. The maximum atomic E-state index is 12.0. The first-order valence-electron chi connectivity index (χ1n) is 6.18. The summed E-state index contributed by atoms with van der Waals surface area (Å²) in [4.78, 5) is 43.7. The number of hydrogen-bond acceptors (Lipinski definition) is 5. The Labute approximate surface area is 124 Å². The van der Waals surface area contributed by atoms with E-state index in [1.54, 1.807) is 0 Å². The van der Waals surface area contributed by atoms with Crippen LogP contribution >= 0.6 is 0 Å². The molecule has 9 heteroatoms. The van der Waals surface area contributed by atoms with Gasteiger partial charge in [0.2, 0.25) is 0 Å². The van der Waals surface area contributed by atoms with Gasteiger partial charge >= 0.3 is 11.9 Å². The molecule has 0 aliphatic carbocycles. The summed E-state index contributed by atoms with van der Waals surface area (Å²) < 4.78 is 0. The van der Waals surface area contributed by atoms with Gasteiger partial charge in [0.05, 0.1) is 4.92 Å². The number of carboxylic acid groups (broad SMARTS) is 2. The highest BCUT2D eigenvalue weighted by molar-refractivity contribution is 5.98. The minimum Gasteiger partial charge on any atom is -0.481 e. The number of nitro groups is 1. The molecule has 0 saturated heterocycles. The molecule has 0 saturated carbocycles. The van der Waals surface area contributed by atoms with Crippen LogP contribution in [0.3, 0.4) is 0 Å². The number of carboxylic acids is 2. The molecule has 1 unspecified atom stereocenters. The lowest BCUT2D eigenvalue weighted by Gasteiger charge is -2.25. The van der Waals surface area contributed by atoms with Gasteiger partial charge in [0.1, 0.15) is 5.54 Å². The summed E-state index contributed by atoms with van der Waals surface area (Å²) in [6.45, 7) is 1.20. The molecular weight excluding hydrogens is 296 g/mol. The quantitative estimate of drug-likeness (QED) is 0.503. The van der Waals surface area contributed by atoms with E-state index in [0.29, 0.717) is 0 Å². The maximum absolute atomic E-state index is 12.0. The molecule has 118 valence electrons. The number of nitrogens with one attached hydrogen (secondary N) is 1. The number of carbonyl (C=O) groups excluding carboxylic acids is 1. The second-order valence-electron chi connectivity index (χ2n) is 4.79. The highest BCUT2D eigenvalue weighted by Gasteiger charge is 2.35. The van der Waals surface area contributed by atoms with E-state index in [1.807, 2.05) is 0 Å². The zero-order valence-electron chi connectivity index (χ0n) is 11.6. The first-order valence-corrected chi connectivity index (χ1v) is 6.18. The molecule has 9 nitrogen and oxygen atoms in total. The third kappa shape index (κ3) is 4.27. The third-order valence-corrected chi connectivity index (χ3v) is 3.04. The van der Waals surface area contributed by atoms with Crippen LogP contribution in [0.15, 0.2) is 24.3 Å². The van der Waals surface area contributed by atoms with Gasteiger partial charge in [-0.3, -0.25) is 19.7 Å². The Morgan fingerprint density at radius 1 is 1.23 bits per heavy atom. The molecule has 0 radical (unpaired) electrons. The standard InChI is InChI=1S/C13H14N2O7/c1-13(12(19)20,7-6-10(16)17)14-11(18)8-2-4-9(5-3-8)15(21)22/h2-5H,6-7H2,1H3,(H,14,18)(H,16,17)(H,19,20). The first-order chi connectivity index (χ1) is 10.2. The second-order valence-corrected chi connectivity index (χ2v) is 4.79. The molecule has 0 fully saturated rings. The van der Waals surface area contributed by atoms with Crippen molar-refractivity contribution in [1.82, 2.24) is 5.32 Å². The topological polar surface area (TPSA) is 147 Å². The monoisotopic (exact) mass is 310 g/mol. The largest absolute Gasteiger partial charge is 0.481 e. The molecule has 1 aromatic carbocycles. The van der Waals surface area contributed by atoms with Crippen LogP contribution in [0.4, 0.5) is 5.69 Å². The van der Waals surface area contributed by atoms with Gasteiger partial charge in [-0.15, -0.1) is 0 Å². The number of hydrogen-bond donors (Lipinski definition) is 3. The Kier molecular flexibility index (Phi) is 5.17. The molecular formula is C13H14N2O7. The van der Waals surface area contributed by atoms with Crippen LogP contribution in [0.2, 0.25) is 0 Å². The minimum atomic E-state index is -1.75. The lowest BCUT2D eigenvalue weighted by Crippen LogP contribution is -2.52. The zero-order chi connectivity index (χ0) is 16.9. The summed E-state index contributed by atoms with van der Waals surface area (Å²) in [5.74, 6) is -3.31. The third-order valence-electron chi connectivity index (χ3n) is 3.04. The van der Waals surface area contributed by atoms with Gasteiger partial charge in [0.15, 0.2) is 0 Å². The first kappa shape index (κ1) is 17.1. The predicted molar refractivity (Wildman–Crippen MR) is 73.5 cm³/mol. The van der Waals surface area contributed by atoms with Crippen LogP contribution in [0, 0.1) is 10.1 Å². The number of aliphatic carboxylic acids is 2. The summed E-state index contributed by atoms with van der Waals surface area (Å²) in [6, 6.07) is 4.61. The lowest BCUT2D eigenvalue weighted by molar-refractivity contribution is -0.384. The summed E-state index contributed by atoms with van der Waals surface area (Å²) in [5.41, 5.74) is -1.92. The average Bonchev–Trinajstić information content (AvgIpc) is 2.45. The normalized spacial score (nSPS) is 13.0. The number of nitrogens with zero attached hydrogens (tertiary/aromatic N) is 1. The Hall–Kier alpha value is -2.97. The van der Waals surface area contributed by atoms with Crippen LogP contribution < -0.4 is 5.32 Å². The SMILES string of the molecule is CC(CCC(=O)O)(NC(=O)c1ccc([N+](=O)[O-])cc1)C(=O)O. The van der Waals surface area contributed by atoms with Crippen LogP contribution in [0.25, 0.3) is 0 Å². The van der Waals surface area contributed by atoms with Crippen molar-refractivity contribution in [3.05, 3.63) is 39.9 Å². The van der Waals surface area contributed by atoms with Crippen LogP contribution in [0.1, 0.15) is 30.1 Å². The number of non-ortho nitro benzene ring substituents is 1. The number of carbonyl (C=O) groups is 3. The van der Waals surface area contributed by atoms with Crippen molar-refractivity contribution in [2.24, 2.45) is 0 Å². The molecule has 1 rings (SSSR count). The number of rotatable bonds is 7. The van der Waals surface area contributed by atoms with Crippen molar-refractivity contribution in [3.8, 4) is 0 Å². The van der Waals surface area contributed by atoms with Gasteiger partial charge in [0, 0.05) is 24.1 Å². The lowest BCUT2D eigenvalue weighted by atomic mass is 9.95. The minimum absolute atomic E-state index is 0.0356. The van der Waals surface area contributed by atoms with E-state index < -0.39 is 34.7 Å². The molecule has 0 spiro atoms. The van der Waals surface area contributed by atoms with Crippen molar-refractivity contribution >= 4 is 23.5 Å². The summed E-state index contributed by atoms with van der Waals surface area (Å²) in [6.07, 6.45) is -0.722. The van der Waals surface area contributed by atoms with Gasteiger partial charge in [-0.05, 0) is 25.5 Å². The molecule has 0 aliphatic rings. The van der Waals surface area contributed by atoms with Crippen molar-refractivity contribution in [1.29, 1.82) is 0 Å². The van der Waals surface area contributed by atoms with Gasteiger partial charge in [-0.1, -0.05) is 0 Å².